The number of carbonyl (C=O) groups excluding carboxylic acids is 1. The van der Waals surface area contributed by atoms with Crippen LogP contribution in [0, 0.1) is 0 Å². The highest BCUT2D eigenvalue weighted by molar-refractivity contribution is 7.89. The molecule has 1 aliphatic heterocycles. The molecule has 20 heavy (non-hydrogen) atoms. The van der Waals surface area contributed by atoms with E-state index in [2.05, 4.69) is 0 Å². The molecule has 0 amide bonds. The van der Waals surface area contributed by atoms with Crippen molar-refractivity contribution >= 4 is 26.6 Å². The number of benzene rings is 2. The smallest absolute Gasteiger partial charge is 0.243 e. The minimum absolute atomic E-state index is 0.134. The summed E-state index contributed by atoms with van der Waals surface area (Å²) in [6, 6.07) is 12.8. The summed E-state index contributed by atoms with van der Waals surface area (Å²) in [7, 11) is -3.50. The summed E-state index contributed by atoms with van der Waals surface area (Å²) in [6.07, 6.45) is 0.625. The van der Waals surface area contributed by atoms with Gasteiger partial charge < -0.3 is 0 Å². The van der Waals surface area contributed by atoms with Gasteiger partial charge in [-0.1, -0.05) is 30.3 Å². The Morgan fingerprint density at radius 2 is 1.55 bits per heavy atom. The van der Waals surface area contributed by atoms with Gasteiger partial charge in [0.2, 0.25) is 10.0 Å². The summed E-state index contributed by atoms with van der Waals surface area (Å²) in [4.78, 5) is 11.5. The van der Waals surface area contributed by atoms with E-state index < -0.39 is 10.0 Å². The molecule has 5 heteroatoms. The average molecular weight is 289 g/mol. The molecular formula is C15H15NO3S. The van der Waals surface area contributed by atoms with Crippen molar-refractivity contribution in [1.82, 2.24) is 4.31 Å². The molecular weight excluding hydrogens is 274 g/mol. The third-order valence-electron chi connectivity index (χ3n) is 3.64. The molecule has 2 aromatic carbocycles. The summed E-state index contributed by atoms with van der Waals surface area (Å²) in [5, 5.41) is 1.92. The average Bonchev–Trinajstić information content (AvgIpc) is 2.47. The molecule has 1 heterocycles. The van der Waals surface area contributed by atoms with E-state index in [0.29, 0.717) is 17.7 Å². The Kier molecular flexibility index (Phi) is 3.31. The van der Waals surface area contributed by atoms with E-state index in [0.717, 1.165) is 10.8 Å². The zero-order valence-corrected chi connectivity index (χ0v) is 11.8. The highest BCUT2D eigenvalue weighted by Crippen LogP contribution is 2.23. The fourth-order valence-corrected chi connectivity index (χ4v) is 3.93. The Bertz CT molecular complexity index is 758. The van der Waals surface area contributed by atoms with Gasteiger partial charge in [0, 0.05) is 25.9 Å². The second kappa shape index (κ2) is 5.00. The molecule has 0 bridgehead atoms. The SMILES string of the molecule is O=C1CCN(S(=O)(=O)c2ccc3ccccc3c2)CC1. The number of carbonyl (C=O) groups is 1. The predicted molar refractivity (Wildman–Crippen MR) is 76.9 cm³/mol. The van der Waals surface area contributed by atoms with E-state index in [4.69, 9.17) is 0 Å². The quantitative estimate of drug-likeness (QED) is 0.851. The zero-order chi connectivity index (χ0) is 14.2. The highest BCUT2D eigenvalue weighted by Gasteiger charge is 2.28. The van der Waals surface area contributed by atoms with Crippen LogP contribution in [0.15, 0.2) is 47.4 Å². The number of ketones is 1. The molecule has 1 fully saturated rings. The Morgan fingerprint density at radius 1 is 0.900 bits per heavy atom. The molecule has 0 aliphatic carbocycles. The second-order valence-electron chi connectivity index (χ2n) is 4.95. The van der Waals surface area contributed by atoms with Gasteiger partial charge in [0.15, 0.2) is 0 Å². The van der Waals surface area contributed by atoms with Crippen molar-refractivity contribution in [2.75, 3.05) is 13.1 Å². The van der Waals surface area contributed by atoms with Gasteiger partial charge in [-0.25, -0.2) is 8.42 Å². The summed E-state index contributed by atoms with van der Waals surface area (Å²) >= 11 is 0. The van der Waals surface area contributed by atoms with Crippen molar-refractivity contribution in [2.45, 2.75) is 17.7 Å². The van der Waals surface area contributed by atoms with Crippen molar-refractivity contribution in [2.24, 2.45) is 0 Å². The van der Waals surface area contributed by atoms with Crippen molar-refractivity contribution in [3.05, 3.63) is 42.5 Å². The zero-order valence-electron chi connectivity index (χ0n) is 11.0. The van der Waals surface area contributed by atoms with E-state index in [9.17, 15) is 13.2 Å². The molecule has 0 radical (unpaired) electrons. The first-order chi connectivity index (χ1) is 9.57. The normalized spacial score (nSPS) is 17.5. The topological polar surface area (TPSA) is 54.5 Å². The third kappa shape index (κ3) is 2.34. The van der Waals surface area contributed by atoms with Crippen LogP contribution in [-0.4, -0.2) is 31.6 Å². The molecule has 0 unspecified atom stereocenters. The van der Waals surface area contributed by atoms with Crippen LogP contribution in [0.1, 0.15) is 12.8 Å². The molecule has 2 aromatic rings. The minimum Gasteiger partial charge on any atom is -0.300 e. The van der Waals surface area contributed by atoms with E-state index in [1.165, 1.54) is 4.31 Å². The number of rotatable bonds is 2. The first-order valence-corrected chi connectivity index (χ1v) is 8.02. The van der Waals surface area contributed by atoms with Gasteiger partial charge in [-0.2, -0.15) is 4.31 Å². The van der Waals surface area contributed by atoms with Crippen LogP contribution < -0.4 is 0 Å². The van der Waals surface area contributed by atoms with Crippen molar-refractivity contribution in [1.29, 1.82) is 0 Å². The number of piperidine rings is 1. The lowest BCUT2D eigenvalue weighted by Crippen LogP contribution is -2.38. The maximum atomic E-state index is 12.6. The molecule has 0 atom stereocenters. The van der Waals surface area contributed by atoms with Gasteiger partial charge in [-0.15, -0.1) is 0 Å². The van der Waals surface area contributed by atoms with Crippen molar-refractivity contribution < 1.29 is 13.2 Å². The van der Waals surface area contributed by atoms with Crippen LogP contribution in [0.5, 0.6) is 0 Å². The number of hydrogen-bond donors (Lipinski definition) is 0. The first kappa shape index (κ1) is 13.3. The van der Waals surface area contributed by atoms with Crippen LogP contribution in [0.3, 0.4) is 0 Å². The number of fused-ring (bicyclic) bond motifs is 1. The summed E-state index contributed by atoms with van der Waals surface area (Å²) < 4.78 is 26.5. The summed E-state index contributed by atoms with van der Waals surface area (Å²) in [5.41, 5.74) is 0. The predicted octanol–water partition coefficient (Wildman–Crippen LogP) is 2.19. The van der Waals surface area contributed by atoms with E-state index in [1.54, 1.807) is 12.1 Å². The standard InChI is InChI=1S/C15H15NO3S/c17-14-7-9-16(10-8-14)20(18,19)15-6-5-12-3-1-2-4-13(12)11-15/h1-6,11H,7-10H2. The molecule has 0 saturated carbocycles. The Labute approximate surface area is 118 Å². The van der Waals surface area contributed by atoms with Gasteiger partial charge in [0.1, 0.15) is 5.78 Å². The number of nitrogens with zero attached hydrogens (tertiary/aromatic N) is 1. The van der Waals surface area contributed by atoms with Crippen LogP contribution in [0.2, 0.25) is 0 Å². The van der Waals surface area contributed by atoms with Gasteiger partial charge in [0.25, 0.3) is 0 Å². The maximum absolute atomic E-state index is 12.6. The van der Waals surface area contributed by atoms with Crippen LogP contribution in [-0.2, 0) is 14.8 Å². The molecule has 1 aliphatic rings. The van der Waals surface area contributed by atoms with E-state index in [-0.39, 0.29) is 18.9 Å². The lowest BCUT2D eigenvalue weighted by molar-refractivity contribution is -0.120. The first-order valence-electron chi connectivity index (χ1n) is 6.58. The van der Waals surface area contributed by atoms with Crippen LogP contribution in [0.4, 0.5) is 0 Å². The molecule has 1 saturated heterocycles. The molecule has 3 rings (SSSR count). The number of Topliss-reactive ketones (excluding diaryl/α,β-unsaturated/α-hetero) is 1. The number of sulfonamides is 1. The van der Waals surface area contributed by atoms with Gasteiger partial charge >= 0.3 is 0 Å². The van der Waals surface area contributed by atoms with Crippen LogP contribution >= 0.6 is 0 Å². The Balaban J connectivity index is 1.98. The van der Waals surface area contributed by atoms with E-state index >= 15 is 0 Å². The fourth-order valence-electron chi connectivity index (χ4n) is 2.45. The lowest BCUT2D eigenvalue weighted by atomic mass is 10.1. The molecule has 104 valence electrons. The minimum atomic E-state index is -3.50. The van der Waals surface area contributed by atoms with Crippen molar-refractivity contribution in [3.63, 3.8) is 0 Å². The largest absolute Gasteiger partial charge is 0.300 e. The summed E-state index contributed by atoms with van der Waals surface area (Å²) in [5.74, 6) is 0.134. The Morgan fingerprint density at radius 3 is 2.25 bits per heavy atom. The second-order valence-corrected chi connectivity index (χ2v) is 6.89. The maximum Gasteiger partial charge on any atom is 0.243 e. The fraction of sp³-hybridized carbons (Fsp3) is 0.267. The molecule has 0 aromatic heterocycles. The number of hydrogen-bond acceptors (Lipinski definition) is 3. The van der Waals surface area contributed by atoms with Crippen molar-refractivity contribution in [3.8, 4) is 0 Å². The lowest BCUT2D eigenvalue weighted by Gasteiger charge is -2.25. The van der Waals surface area contributed by atoms with Gasteiger partial charge in [0.05, 0.1) is 4.90 Å². The Hall–Kier alpha value is -1.72. The highest BCUT2D eigenvalue weighted by atomic mass is 32.2. The monoisotopic (exact) mass is 289 g/mol. The van der Waals surface area contributed by atoms with E-state index in [1.807, 2.05) is 30.3 Å². The molecule has 4 nitrogen and oxygen atoms in total. The van der Waals surface area contributed by atoms with Gasteiger partial charge in [-0.05, 0) is 22.9 Å². The summed E-state index contributed by atoms with van der Waals surface area (Å²) in [6.45, 7) is 0.571. The third-order valence-corrected chi connectivity index (χ3v) is 5.53. The molecule has 0 spiro atoms. The van der Waals surface area contributed by atoms with Gasteiger partial charge in [-0.3, -0.25) is 4.79 Å². The molecule has 0 N–H and O–H groups in total. The van der Waals surface area contributed by atoms with Crippen LogP contribution in [0.25, 0.3) is 10.8 Å².